The second kappa shape index (κ2) is 7.70. The minimum atomic E-state index is -0.105. The Hall–Kier alpha value is -1.76. The molecule has 0 N–H and O–H groups in total. The Morgan fingerprint density at radius 1 is 1.07 bits per heavy atom. The third kappa shape index (κ3) is 3.30. The van der Waals surface area contributed by atoms with Crippen LogP contribution in [0.15, 0.2) is 55.0 Å². The first-order valence-electron chi connectivity index (χ1n) is 9.98. The number of nitrogens with zero attached hydrogens (tertiary/aromatic N) is 4. The van der Waals surface area contributed by atoms with Gasteiger partial charge >= 0.3 is 172 Å². The van der Waals surface area contributed by atoms with Gasteiger partial charge in [-0.2, -0.15) is 0 Å². The van der Waals surface area contributed by atoms with Crippen LogP contribution in [0.3, 0.4) is 0 Å². The van der Waals surface area contributed by atoms with Crippen LogP contribution in [0.5, 0.6) is 0 Å². The second-order valence-corrected chi connectivity index (χ2v) is 10.8. The van der Waals surface area contributed by atoms with Crippen molar-refractivity contribution < 1.29 is 30.5 Å². The number of fused-ring (bicyclic) bond motifs is 3. The molecular weight excluding hydrogens is 447 g/mol. The molecule has 0 radical (unpaired) electrons. The van der Waals surface area contributed by atoms with Gasteiger partial charge in [-0.25, -0.2) is 0 Å². The van der Waals surface area contributed by atoms with Gasteiger partial charge in [-0.3, -0.25) is 0 Å². The van der Waals surface area contributed by atoms with Gasteiger partial charge < -0.3 is 0 Å². The molecule has 0 amide bonds. The molecule has 0 saturated heterocycles. The fourth-order valence-electron chi connectivity index (χ4n) is 3.81. The van der Waals surface area contributed by atoms with E-state index in [4.69, 9.17) is 5.21 Å². The van der Waals surface area contributed by atoms with E-state index in [2.05, 4.69) is 80.3 Å². The fourth-order valence-corrected chi connectivity index (χ4v) is 7.41. The monoisotopic (exact) mass is 475 g/mol. The predicted octanol–water partition coefficient (Wildman–Crippen LogP) is 0.659. The summed E-state index contributed by atoms with van der Waals surface area (Å²) in [6, 6.07) is 13.5. The van der Waals surface area contributed by atoms with Gasteiger partial charge in [0.1, 0.15) is 0 Å². The van der Waals surface area contributed by atoms with Crippen molar-refractivity contribution in [2.45, 2.75) is 56.5 Å². The van der Waals surface area contributed by atoms with E-state index in [1.807, 2.05) is 9.36 Å². The number of rotatable bonds is 6. The second-order valence-electron chi connectivity index (χ2n) is 7.09. The average molecular weight is 475 g/mol. The molecule has 1 aliphatic rings. The standard InChI is InChI=1S/C22H28IN4/c1-4-7-13-25-15-16-27(24-25)18-11-12-20-19(17-18)21-10-8-9-14-26(21)22(5-2,6-3)23-20/h8-12,14-17H,4-7,13H2,1-3H3/q+1. The molecule has 2 aromatic heterocycles. The van der Waals surface area contributed by atoms with Gasteiger partial charge in [-0.05, 0) is 0 Å². The molecule has 0 saturated carbocycles. The van der Waals surface area contributed by atoms with Gasteiger partial charge in [0, 0.05) is 0 Å². The zero-order valence-electron chi connectivity index (χ0n) is 16.4. The van der Waals surface area contributed by atoms with Crippen molar-refractivity contribution in [1.29, 1.82) is 0 Å². The Morgan fingerprint density at radius 2 is 1.93 bits per heavy atom. The van der Waals surface area contributed by atoms with Gasteiger partial charge in [0.15, 0.2) is 0 Å². The van der Waals surface area contributed by atoms with E-state index < -0.39 is 0 Å². The van der Waals surface area contributed by atoms with Crippen LogP contribution >= 0.6 is 0 Å². The van der Waals surface area contributed by atoms with Crippen molar-refractivity contribution in [2.75, 3.05) is 0 Å². The van der Waals surface area contributed by atoms with Crippen molar-refractivity contribution in [3.05, 3.63) is 58.6 Å². The van der Waals surface area contributed by atoms with Gasteiger partial charge in [0.2, 0.25) is 0 Å². The summed E-state index contributed by atoms with van der Waals surface area (Å²) in [6.45, 7) is 7.87. The summed E-state index contributed by atoms with van der Waals surface area (Å²) < 4.78 is 8.44. The summed E-state index contributed by atoms with van der Waals surface area (Å²) in [6.07, 6.45) is 11.2. The number of aromatic nitrogens is 4. The molecular formula is C22H28IN4+. The van der Waals surface area contributed by atoms with Crippen LogP contribution in [0.4, 0.5) is 0 Å². The van der Waals surface area contributed by atoms with Crippen LogP contribution in [0.1, 0.15) is 46.5 Å². The number of hydrogen-bond acceptors (Lipinski definition) is 1. The predicted molar refractivity (Wildman–Crippen MR) is 102 cm³/mol. The summed E-state index contributed by atoms with van der Waals surface area (Å²) in [4.78, 5) is 0. The van der Waals surface area contributed by atoms with Crippen LogP contribution in [0, 0.1) is 3.57 Å². The van der Waals surface area contributed by atoms with Gasteiger partial charge in [0.25, 0.3) is 0 Å². The Balaban J connectivity index is 1.76. The summed E-state index contributed by atoms with van der Waals surface area (Å²) in [7, 11) is 0. The molecule has 4 rings (SSSR count). The van der Waals surface area contributed by atoms with E-state index in [0.717, 1.165) is 18.7 Å². The molecule has 3 heterocycles. The molecule has 1 aliphatic heterocycles. The molecule has 4 nitrogen and oxygen atoms in total. The first-order valence-corrected chi connectivity index (χ1v) is 12.1. The Bertz CT molecular complexity index is 943. The maximum absolute atomic E-state index is 4.72. The molecule has 0 spiro atoms. The normalized spacial score (nSPS) is 14.9. The van der Waals surface area contributed by atoms with Crippen molar-refractivity contribution in [1.82, 2.24) is 9.90 Å². The SMILES string of the molecule is CCCC[n+]1ccn(-c2ccc3c(c2)-c2cccc[n+]2C(CC)(CC)[I-]3)n1. The first-order chi connectivity index (χ1) is 13.2. The molecule has 5 heteroatoms. The van der Waals surface area contributed by atoms with Crippen molar-refractivity contribution in [3.8, 4) is 16.9 Å². The quantitative estimate of drug-likeness (QED) is 0.292. The first kappa shape index (κ1) is 18.6. The molecule has 0 fully saturated rings. The summed E-state index contributed by atoms with van der Waals surface area (Å²) in [5, 5.41) is 4.72. The summed E-state index contributed by atoms with van der Waals surface area (Å²) in [5.41, 5.74) is 3.87. The molecule has 3 aromatic rings. The number of pyridine rings is 1. The van der Waals surface area contributed by atoms with E-state index >= 15 is 0 Å². The van der Waals surface area contributed by atoms with Crippen LogP contribution in [-0.4, -0.2) is 9.90 Å². The van der Waals surface area contributed by atoms with Gasteiger partial charge in [0.05, 0.1) is 0 Å². The maximum atomic E-state index is 4.72. The molecule has 142 valence electrons. The van der Waals surface area contributed by atoms with Crippen LogP contribution in [0.2, 0.25) is 0 Å². The Kier molecular flexibility index (Phi) is 5.30. The van der Waals surface area contributed by atoms with E-state index in [-0.39, 0.29) is 21.2 Å². The fraction of sp³-hybridized carbons (Fsp3) is 0.409. The van der Waals surface area contributed by atoms with Crippen molar-refractivity contribution >= 4 is 0 Å². The number of hydrogen-bond donors (Lipinski definition) is 0. The number of alkyl halides is 1. The van der Waals surface area contributed by atoms with E-state index in [9.17, 15) is 0 Å². The van der Waals surface area contributed by atoms with Crippen LogP contribution < -0.4 is 30.5 Å². The third-order valence-corrected chi connectivity index (χ3v) is 10.0. The zero-order valence-corrected chi connectivity index (χ0v) is 18.6. The molecule has 1 aromatic carbocycles. The molecule has 0 bridgehead atoms. The Labute approximate surface area is 172 Å². The third-order valence-electron chi connectivity index (χ3n) is 5.48. The number of unbranched alkanes of at least 4 members (excludes halogenated alkanes) is 1. The van der Waals surface area contributed by atoms with Crippen LogP contribution in [-0.2, 0) is 10.1 Å². The van der Waals surface area contributed by atoms with E-state index in [1.54, 1.807) is 3.57 Å². The molecule has 0 unspecified atom stereocenters. The average Bonchev–Trinajstić information content (AvgIpc) is 3.20. The minimum absolute atomic E-state index is 0.105. The number of halogens is 1. The zero-order chi connectivity index (χ0) is 18.9. The summed E-state index contributed by atoms with van der Waals surface area (Å²) >= 11 is -0.105. The number of aryl methyl sites for hydroxylation is 1. The molecule has 0 aliphatic carbocycles. The van der Waals surface area contributed by atoms with Crippen molar-refractivity contribution in [2.24, 2.45) is 0 Å². The van der Waals surface area contributed by atoms with Gasteiger partial charge in [-0.15, -0.1) is 0 Å². The van der Waals surface area contributed by atoms with Crippen LogP contribution in [0.25, 0.3) is 16.9 Å². The molecule has 0 atom stereocenters. The Morgan fingerprint density at radius 3 is 2.70 bits per heavy atom. The topological polar surface area (TPSA) is 25.6 Å². The summed E-state index contributed by atoms with van der Waals surface area (Å²) in [5.74, 6) is 0. The van der Waals surface area contributed by atoms with Gasteiger partial charge in [-0.1, -0.05) is 0 Å². The van der Waals surface area contributed by atoms with E-state index in [1.165, 1.54) is 30.5 Å². The van der Waals surface area contributed by atoms with Crippen molar-refractivity contribution in [3.63, 3.8) is 0 Å². The number of benzene rings is 1. The van der Waals surface area contributed by atoms with E-state index in [0.29, 0.717) is 3.55 Å². The molecule has 27 heavy (non-hydrogen) atoms.